The second-order valence-corrected chi connectivity index (χ2v) is 6.30. The number of carbonyl (C=O) groups excluding carboxylic acids is 3. The molecule has 7 nitrogen and oxygen atoms in total. The van der Waals surface area contributed by atoms with Gasteiger partial charge in [0.05, 0.1) is 6.42 Å². The molecule has 0 aliphatic heterocycles. The summed E-state index contributed by atoms with van der Waals surface area (Å²) in [7, 11) is 0. The summed E-state index contributed by atoms with van der Waals surface area (Å²) < 4.78 is 9.37. The van der Waals surface area contributed by atoms with Gasteiger partial charge < -0.3 is 14.6 Å². The summed E-state index contributed by atoms with van der Waals surface area (Å²) >= 11 is 1.54. The van der Waals surface area contributed by atoms with Crippen molar-refractivity contribution >= 4 is 34.8 Å². The number of Topliss-reactive ketones (excluding diaryl/α,β-unsaturated/α-hetero) is 1. The predicted octanol–water partition coefficient (Wildman–Crippen LogP) is 2.50. The normalized spacial score (nSPS) is 10.3. The predicted molar refractivity (Wildman–Crippen MR) is 83.4 cm³/mol. The number of aromatic nitrogens is 1. The lowest BCUT2D eigenvalue weighted by Gasteiger charge is -2.04. The van der Waals surface area contributed by atoms with E-state index >= 15 is 0 Å². The molecule has 2 aromatic heterocycles. The molecule has 122 valence electrons. The third-order valence-corrected chi connectivity index (χ3v) is 3.93. The molecule has 0 aliphatic carbocycles. The van der Waals surface area contributed by atoms with Crippen LogP contribution in [-0.4, -0.2) is 29.4 Å². The minimum atomic E-state index is -0.599. The van der Waals surface area contributed by atoms with E-state index in [-0.39, 0.29) is 24.4 Å². The molecule has 0 bridgehead atoms. The summed E-state index contributed by atoms with van der Waals surface area (Å²) in [4.78, 5) is 37.1. The van der Waals surface area contributed by atoms with Gasteiger partial charge in [-0.2, -0.15) is 0 Å². The summed E-state index contributed by atoms with van der Waals surface area (Å²) in [6.07, 6.45) is 1.30. The van der Waals surface area contributed by atoms with E-state index in [1.54, 1.807) is 11.3 Å². The monoisotopic (exact) mass is 336 g/mol. The van der Waals surface area contributed by atoms with Crippen LogP contribution in [0.25, 0.3) is 0 Å². The molecule has 0 saturated carbocycles. The number of ether oxygens (including phenoxy) is 1. The highest BCUT2D eigenvalue weighted by molar-refractivity contribution is 7.12. The molecule has 1 N–H and O–H groups in total. The van der Waals surface area contributed by atoms with Crippen LogP contribution in [0.2, 0.25) is 0 Å². The minimum absolute atomic E-state index is 0.0563. The average Bonchev–Trinajstić information content (AvgIpc) is 3.12. The number of amides is 1. The second kappa shape index (κ2) is 7.68. The van der Waals surface area contributed by atoms with Gasteiger partial charge in [0, 0.05) is 27.8 Å². The number of rotatable bonds is 7. The number of hydrogen-bond acceptors (Lipinski definition) is 7. The van der Waals surface area contributed by atoms with Crippen LogP contribution in [0.3, 0.4) is 0 Å². The van der Waals surface area contributed by atoms with E-state index in [1.807, 2.05) is 19.9 Å². The van der Waals surface area contributed by atoms with Crippen LogP contribution in [0.4, 0.5) is 5.82 Å². The molecule has 0 aromatic carbocycles. The zero-order valence-electron chi connectivity index (χ0n) is 12.8. The van der Waals surface area contributed by atoms with Crippen LogP contribution in [0.5, 0.6) is 0 Å². The Balaban J connectivity index is 1.71. The van der Waals surface area contributed by atoms with Crippen molar-refractivity contribution in [3.8, 4) is 0 Å². The third-order valence-electron chi connectivity index (χ3n) is 2.97. The van der Waals surface area contributed by atoms with E-state index in [0.29, 0.717) is 5.56 Å². The number of carbonyl (C=O) groups is 3. The molecule has 23 heavy (non-hydrogen) atoms. The maximum Gasteiger partial charge on any atom is 0.306 e. The second-order valence-electron chi connectivity index (χ2n) is 4.84. The molecule has 2 rings (SSSR count). The number of thiophene rings is 1. The standard InChI is InChI=1S/C15H16N2O5S/c1-9-7-11(10(2)23-9)12(18)3-4-15(20)21-8-14(19)16-13-5-6-22-17-13/h5-7H,3-4,8H2,1-2H3,(H,16,17,19). The van der Waals surface area contributed by atoms with Gasteiger partial charge in [-0.15, -0.1) is 11.3 Å². The Bertz CT molecular complexity index is 706. The van der Waals surface area contributed by atoms with Gasteiger partial charge in [-0.05, 0) is 19.9 Å². The van der Waals surface area contributed by atoms with Crippen molar-refractivity contribution < 1.29 is 23.6 Å². The highest BCUT2D eigenvalue weighted by Gasteiger charge is 2.15. The van der Waals surface area contributed by atoms with Crippen molar-refractivity contribution in [2.75, 3.05) is 11.9 Å². The fourth-order valence-corrected chi connectivity index (χ4v) is 2.87. The Morgan fingerprint density at radius 1 is 1.30 bits per heavy atom. The Kier molecular flexibility index (Phi) is 5.64. The third kappa shape index (κ3) is 5.03. The van der Waals surface area contributed by atoms with E-state index in [0.717, 1.165) is 9.75 Å². The Hall–Kier alpha value is -2.48. The van der Waals surface area contributed by atoms with Crippen molar-refractivity contribution in [1.29, 1.82) is 0 Å². The highest BCUT2D eigenvalue weighted by atomic mass is 32.1. The van der Waals surface area contributed by atoms with Crippen molar-refractivity contribution in [1.82, 2.24) is 5.16 Å². The summed E-state index contributed by atoms with van der Waals surface area (Å²) in [5.74, 6) is -0.985. The van der Waals surface area contributed by atoms with E-state index in [9.17, 15) is 14.4 Å². The zero-order valence-corrected chi connectivity index (χ0v) is 13.6. The number of ketones is 1. The van der Waals surface area contributed by atoms with Crippen LogP contribution in [0.15, 0.2) is 22.9 Å². The Morgan fingerprint density at radius 3 is 2.70 bits per heavy atom. The van der Waals surface area contributed by atoms with Crippen molar-refractivity contribution in [3.05, 3.63) is 33.7 Å². The SMILES string of the molecule is Cc1cc(C(=O)CCC(=O)OCC(=O)Nc2ccon2)c(C)s1. The molecule has 2 aromatic rings. The van der Waals surface area contributed by atoms with E-state index in [1.165, 1.54) is 12.3 Å². The molecule has 0 fully saturated rings. The number of aryl methyl sites for hydroxylation is 2. The van der Waals surface area contributed by atoms with Gasteiger partial charge in [0.25, 0.3) is 5.91 Å². The number of anilines is 1. The van der Waals surface area contributed by atoms with Crippen molar-refractivity contribution in [2.45, 2.75) is 26.7 Å². The van der Waals surface area contributed by atoms with Crippen LogP contribution in [-0.2, 0) is 14.3 Å². The molecular weight excluding hydrogens is 320 g/mol. The fraction of sp³-hybridized carbons (Fsp3) is 0.333. The number of hydrogen-bond donors (Lipinski definition) is 1. The first-order valence-corrected chi connectivity index (χ1v) is 7.73. The lowest BCUT2D eigenvalue weighted by molar-refractivity contribution is -0.147. The number of nitrogens with one attached hydrogen (secondary N) is 1. The van der Waals surface area contributed by atoms with Crippen LogP contribution in [0, 0.1) is 13.8 Å². The lowest BCUT2D eigenvalue weighted by Crippen LogP contribution is -2.21. The summed E-state index contributed by atoms with van der Waals surface area (Å²) in [6, 6.07) is 3.28. The summed E-state index contributed by atoms with van der Waals surface area (Å²) in [5, 5.41) is 5.89. The first-order valence-electron chi connectivity index (χ1n) is 6.92. The van der Waals surface area contributed by atoms with Gasteiger partial charge >= 0.3 is 5.97 Å². The van der Waals surface area contributed by atoms with Crippen LogP contribution in [0.1, 0.15) is 33.0 Å². The molecule has 2 heterocycles. The van der Waals surface area contributed by atoms with Gasteiger partial charge in [0.1, 0.15) is 6.26 Å². The first-order chi connectivity index (χ1) is 11.0. The molecule has 1 amide bonds. The molecule has 0 spiro atoms. The fourth-order valence-electron chi connectivity index (χ4n) is 1.93. The molecule has 8 heteroatoms. The van der Waals surface area contributed by atoms with Crippen LogP contribution >= 0.6 is 11.3 Å². The van der Waals surface area contributed by atoms with Crippen molar-refractivity contribution in [3.63, 3.8) is 0 Å². The Morgan fingerprint density at radius 2 is 2.09 bits per heavy atom. The maximum absolute atomic E-state index is 12.0. The number of esters is 1. The highest BCUT2D eigenvalue weighted by Crippen LogP contribution is 2.22. The number of nitrogens with zero attached hydrogens (tertiary/aromatic N) is 1. The molecule has 0 aliphatic rings. The summed E-state index contributed by atoms with van der Waals surface area (Å²) in [6.45, 7) is 3.37. The molecule has 0 unspecified atom stereocenters. The quantitative estimate of drug-likeness (QED) is 0.616. The van der Waals surface area contributed by atoms with Gasteiger partial charge in [0.2, 0.25) is 0 Å². The smallest absolute Gasteiger partial charge is 0.306 e. The van der Waals surface area contributed by atoms with E-state index in [4.69, 9.17) is 4.74 Å². The summed E-state index contributed by atoms with van der Waals surface area (Å²) in [5.41, 5.74) is 0.643. The Labute approximate surface area is 136 Å². The maximum atomic E-state index is 12.0. The molecule has 0 radical (unpaired) electrons. The van der Waals surface area contributed by atoms with Crippen molar-refractivity contribution in [2.24, 2.45) is 0 Å². The van der Waals surface area contributed by atoms with Gasteiger partial charge in [-0.25, -0.2) is 0 Å². The molecule has 0 atom stereocenters. The topological polar surface area (TPSA) is 98.5 Å². The minimum Gasteiger partial charge on any atom is -0.456 e. The van der Waals surface area contributed by atoms with E-state index in [2.05, 4.69) is 15.0 Å². The lowest BCUT2D eigenvalue weighted by atomic mass is 10.1. The first kappa shape index (κ1) is 16.9. The van der Waals surface area contributed by atoms with Gasteiger partial charge in [0.15, 0.2) is 18.2 Å². The zero-order chi connectivity index (χ0) is 16.8. The van der Waals surface area contributed by atoms with E-state index < -0.39 is 18.5 Å². The molecular formula is C15H16N2O5S. The van der Waals surface area contributed by atoms with Gasteiger partial charge in [-0.1, -0.05) is 5.16 Å². The van der Waals surface area contributed by atoms with Crippen LogP contribution < -0.4 is 5.32 Å². The molecule has 0 saturated heterocycles. The average molecular weight is 336 g/mol. The largest absolute Gasteiger partial charge is 0.456 e. The van der Waals surface area contributed by atoms with Gasteiger partial charge in [-0.3, -0.25) is 14.4 Å².